The van der Waals surface area contributed by atoms with Crippen LogP contribution in [0.2, 0.25) is 18.1 Å². The second kappa shape index (κ2) is 9.31. The smallest absolute Gasteiger partial charge is 0.192 e. The molecule has 2 unspecified atom stereocenters. The fraction of sp³-hybridized carbons (Fsp3) is 0.600. The van der Waals surface area contributed by atoms with Crippen LogP contribution in [0, 0.1) is 5.92 Å². The van der Waals surface area contributed by atoms with E-state index in [2.05, 4.69) is 78.0 Å². The molecule has 1 nitrogen and oxygen atoms in total. The van der Waals surface area contributed by atoms with Crippen molar-refractivity contribution in [3.8, 4) is 0 Å². The van der Waals surface area contributed by atoms with Gasteiger partial charge in [0.25, 0.3) is 0 Å². The van der Waals surface area contributed by atoms with Crippen molar-refractivity contribution in [3.63, 3.8) is 0 Å². The van der Waals surface area contributed by atoms with E-state index >= 15 is 0 Å². The first-order valence-corrected chi connectivity index (χ1v) is 11.5. The minimum absolute atomic E-state index is 0.261. The van der Waals surface area contributed by atoms with E-state index < -0.39 is 8.32 Å². The molecule has 1 aromatic carbocycles. The Morgan fingerprint density at radius 2 is 1.59 bits per heavy atom. The molecule has 2 atom stereocenters. The lowest BCUT2D eigenvalue weighted by Crippen LogP contribution is -2.42. The van der Waals surface area contributed by atoms with E-state index in [1.807, 2.05) is 0 Å². The van der Waals surface area contributed by atoms with Crippen LogP contribution >= 0.6 is 0 Å². The fourth-order valence-electron chi connectivity index (χ4n) is 3.04. The maximum atomic E-state index is 6.84. The monoisotopic (exact) mass is 318 g/mol. The normalized spacial score (nSPS) is 15.6. The summed E-state index contributed by atoms with van der Waals surface area (Å²) in [7, 11) is -1.58. The average molecular weight is 319 g/mol. The van der Waals surface area contributed by atoms with E-state index in [4.69, 9.17) is 4.43 Å². The summed E-state index contributed by atoms with van der Waals surface area (Å²) >= 11 is 0. The van der Waals surface area contributed by atoms with Crippen molar-refractivity contribution in [1.29, 1.82) is 0 Å². The van der Waals surface area contributed by atoms with Crippen molar-refractivity contribution in [2.75, 3.05) is 0 Å². The molecular formula is C20H34OSi. The third-order valence-electron chi connectivity index (χ3n) is 5.11. The van der Waals surface area contributed by atoms with Crippen LogP contribution in [0.15, 0.2) is 35.9 Å². The highest BCUT2D eigenvalue weighted by Crippen LogP contribution is 2.30. The molecule has 124 valence electrons. The van der Waals surface area contributed by atoms with Gasteiger partial charge in [-0.3, -0.25) is 0 Å². The Labute approximate surface area is 138 Å². The standard InChI is InChI=1S/C20H34OSi/c1-7-17(5)20(21-22(8-2,9-3)10-4)18(6)16-19-14-12-11-13-15-19/h11-17,20H,7-10H2,1-6H3/b18-16+. The molecule has 1 rings (SSSR count). The summed E-state index contributed by atoms with van der Waals surface area (Å²) in [6.45, 7) is 13.8. The molecule has 1 aromatic rings. The minimum Gasteiger partial charge on any atom is -0.410 e. The number of rotatable bonds is 9. The molecule has 0 heterocycles. The van der Waals surface area contributed by atoms with Gasteiger partial charge < -0.3 is 4.43 Å². The first kappa shape index (κ1) is 19.2. The van der Waals surface area contributed by atoms with Crippen LogP contribution < -0.4 is 0 Å². The van der Waals surface area contributed by atoms with Crippen LogP contribution in [0.3, 0.4) is 0 Å². The van der Waals surface area contributed by atoms with E-state index in [0.29, 0.717) is 5.92 Å². The van der Waals surface area contributed by atoms with Crippen molar-refractivity contribution < 1.29 is 4.43 Å². The van der Waals surface area contributed by atoms with Gasteiger partial charge >= 0.3 is 0 Å². The molecule has 0 N–H and O–H groups in total. The second-order valence-electron chi connectivity index (χ2n) is 6.47. The SMILES string of the molecule is CCC(C)C(O[Si](CC)(CC)CC)/C(C)=C/c1ccccc1. The Balaban J connectivity index is 3.05. The van der Waals surface area contributed by atoms with Gasteiger partial charge in [0, 0.05) is 0 Å². The maximum Gasteiger partial charge on any atom is 0.192 e. The van der Waals surface area contributed by atoms with Crippen LogP contribution in [0.5, 0.6) is 0 Å². The molecule has 0 saturated heterocycles. The van der Waals surface area contributed by atoms with Crippen LogP contribution in [-0.2, 0) is 4.43 Å². The van der Waals surface area contributed by atoms with Crippen molar-refractivity contribution in [1.82, 2.24) is 0 Å². The van der Waals surface area contributed by atoms with Gasteiger partial charge in [0.05, 0.1) is 6.10 Å². The predicted molar refractivity (Wildman–Crippen MR) is 102 cm³/mol. The Kier molecular flexibility index (Phi) is 8.12. The van der Waals surface area contributed by atoms with E-state index in [1.54, 1.807) is 0 Å². The van der Waals surface area contributed by atoms with Crippen molar-refractivity contribution in [2.24, 2.45) is 5.92 Å². The highest BCUT2D eigenvalue weighted by molar-refractivity contribution is 6.73. The molecule has 0 amide bonds. The summed E-state index contributed by atoms with van der Waals surface area (Å²) in [5, 5.41) is 0. The van der Waals surface area contributed by atoms with Crippen LogP contribution in [0.1, 0.15) is 53.5 Å². The summed E-state index contributed by atoms with van der Waals surface area (Å²) < 4.78 is 6.84. The predicted octanol–water partition coefficient (Wildman–Crippen LogP) is 6.53. The maximum absolute atomic E-state index is 6.84. The molecule has 0 bridgehead atoms. The summed E-state index contributed by atoms with van der Waals surface area (Å²) in [5.74, 6) is 0.566. The molecule has 2 heteroatoms. The number of benzene rings is 1. The van der Waals surface area contributed by atoms with Crippen LogP contribution in [0.4, 0.5) is 0 Å². The molecular weight excluding hydrogens is 284 g/mol. The van der Waals surface area contributed by atoms with Crippen molar-refractivity contribution >= 4 is 14.4 Å². The minimum atomic E-state index is -1.58. The van der Waals surface area contributed by atoms with Crippen molar-refractivity contribution in [3.05, 3.63) is 41.5 Å². The van der Waals surface area contributed by atoms with Gasteiger partial charge in [0.2, 0.25) is 0 Å². The zero-order valence-corrected chi connectivity index (χ0v) is 16.4. The fourth-order valence-corrected chi connectivity index (χ4v) is 5.99. The third-order valence-corrected chi connectivity index (χ3v) is 9.73. The Hall–Kier alpha value is -0.863. The summed E-state index contributed by atoms with van der Waals surface area (Å²) in [6, 6.07) is 14.2. The Morgan fingerprint density at radius 1 is 1.05 bits per heavy atom. The van der Waals surface area contributed by atoms with Crippen molar-refractivity contribution in [2.45, 2.75) is 72.2 Å². The van der Waals surface area contributed by atoms with Gasteiger partial charge in [0.15, 0.2) is 8.32 Å². The zero-order chi connectivity index (χ0) is 16.6. The largest absolute Gasteiger partial charge is 0.410 e. The molecule has 0 radical (unpaired) electrons. The Bertz CT molecular complexity index is 440. The molecule has 0 spiro atoms. The molecule has 0 aliphatic carbocycles. The van der Waals surface area contributed by atoms with Gasteiger partial charge in [0.1, 0.15) is 0 Å². The average Bonchev–Trinajstić information content (AvgIpc) is 2.57. The van der Waals surface area contributed by atoms with Gasteiger partial charge in [-0.2, -0.15) is 0 Å². The van der Waals surface area contributed by atoms with Gasteiger partial charge in [-0.25, -0.2) is 0 Å². The topological polar surface area (TPSA) is 9.23 Å². The first-order chi connectivity index (χ1) is 10.5. The quantitative estimate of drug-likeness (QED) is 0.470. The van der Waals surface area contributed by atoms with Crippen LogP contribution in [0.25, 0.3) is 6.08 Å². The highest BCUT2D eigenvalue weighted by Gasteiger charge is 2.34. The molecule has 0 aromatic heterocycles. The molecule has 0 aliphatic heterocycles. The second-order valence-corrected chi connectivity index (χ2v) is 11.2. The number of hydrogen-bond donors (Lipinski definition) is 0. The molecule has 22 heavy (non-hydrogen) atoms. The number of hydrogen-bond acceptors (Lipinski definition) is 1. The van der Waals surface area contributed by atoms with E-state index in [9.17, 15) is 0 Å². The lowest BCUT2D eigenvalue weighted by Gasteiger charge is -2.36. The van der Waals surface area contributed by atoms with E-state index in [0.717, 1.165) is 6.42 Å². The lowest BCUT2D eigenvalue weighted by molar-refractivity contribution is 0.161. The first-order valence-electron chi connectivity index (χ1n) is 8.92. The third kappa shape index (κ3) is 5.10. The van der Waals surface area contributed by atoms with Gasteiger partial charge in [-0.15, -0.1) is 0 Å². The summed E-state index contributed by atoms with van der Waals surface area (Å²) in [5.41, 5.74) is 2.64. The molecule has 0 aliphatic rings. The van der Waals surface area contributed by atoms with Gasteiger partial charge in [-0.1, -0.05) is 77.4 Å². The van der Waals surface area contributed by atoms with Crippen LogP contribution in [-0.4, -0.2) is 14.4 Å². The van der Waals surface area contributed by atoms with E-state index in [-0.39, 0.29) is 6.10 Å². The zero-order valence-electron chi connectivity index (χ0n) is 15.4. The summed E-state index contributed by atoms with van der Waals surface area (Å²) in [6.07, 6.45) is 3.72. The molecule has 0 saturated carbocycles. The Morgan fingerprint density at radius 3 is 2.05 bits per heavy atom. The lowest BCUT2D eigenvalue weighted by atomic mass is 9.95. The highest BCUT2D eigenvalue weighted by atomic mass is 28.4. The summed E-state index contributed by atoms with van der Waals surface area (Å²) in [4.78, 5) is 0. The van der Waals surface area contributed by atoms with Gasteiger partial charge in [-0.05, 0) is 42.1 Å². The van der Waals surface area contributed by atoms with E-state index in [1.165, 1.54) is 29.3 Å². The molecule has 0 fully saturated rings.